The van der Waals surface area contributed by atoms with Crippen molar-refractivity contribution in [3.8, 4) is 5.75 Å². The number of aliphatic hydroxyl groups is 1. The average molecular weight is 319 g/mol. The predicted molar refractivity (Wildman–Crippen MR) is 86.6 cm³/mol. The third-order valence-corrected chi connectivity index (χ3v) is 4.95. The van der Waals surface area contributed by atoms with Gasteiger partial charge in [-0.15, -0.1) is 0 Å². The van der Waals surface area contributed by atoms with Crippen molar-refractivity contribution in [1.29, 1.82) is 0 Å². The standard InChI is InChI=1S/C18H25NO4/c1-22-7-8-23-17-4-2-3-13(10-17)18(21)19-11-14-5-6-16(20)9-15(14)12-19/h2-4,10,14-16,20H,5-9,11-12H2,1H3. The number of likely N-dealkylation sites (tertiary alicyclic amines) is 1. The summed E-state index contributed by atoms with van der Waals surface area (Å²) in [6.45, 7) is 2.57. The minimum atomic E-state index is -0.191. The van der Waals surface area contributed by atoms with Crippen LogP contribution in [0.3, 0.4) is 0 Å². The van der Waals surface area contributed by atoms with Gasteiger partial charge >= 0.3 is 0 Å². The molecule has 5 heteroatoms. The number of amides is 1. The molecule has 3 unspecified atom stereocenters. The zero-order chi connectivity index (χ0) is 16.2. The molecule has 1 aliphatic carbocycles. The second kappa shape index (κ2) is 7.32. The number of carbonyl (C=O) groups excluding carboxylic acids is 1. The van der Waals surface area contributed by atoms with Crippen LogP contribution in [0, 0.1) is 11.8 Å². The van der Waals surface area contributed by atoms with Gasteiger partial charge in [0, 0.05) is 25.8 Å². The SMILES string of the molecule is COCCOc1cccc(C(=O)N2CC3CCC(O)CC3C2)c1. The van der Waals surface area contributed by atoms with Crippen molar-refractivity contribution in [3.05, 3.63) is 29.8 Å². The third kappa shape index (κ3) is 3.85. The molecule has 1 saturated carbocycles. The normalized spacial score (nSPS) is 26.9. The van der Waals surface area contributed by atoms with Crippen LogP contribution in [-0.2, 0) is 4.74 Å². The Morgan fingerprint density at radius 2 is 2.09 bits per heavy atom. The number of methoxy groups -OCH3 is 1. The molecule has 1 aliphatic heterocycles. The highest BCUT2D eigenvalue weighted by Gasteiger charge is 2.39. The quantitative estimate of drug-likeness (QED) is 0.843. The number of fused-ring (bicyclic) bond motifs is 1. The van der Waals surface area contributed by atoms with Crippen LogP contribution in [0.4, 0.5) is 0 Å². The Morgan fingerprint density at radius 1 is 1.26 bits per heavy atom. The fraction of sp³-hybridized carbons (Fsp3) is 0.611. The largest absolute Gasteiger partial charge is 0.491 e. The summed E-state index contributed by atoms with van der Waals surface area (Å²) in [5, 5.41) is 9.81. The summed E-state index contributed by atoms with van der Waals surface area (Å²) < 4.78 is 10.5. The second-order valence-electron chi connectivity index (χ2n) is 6.57. The molecule has 3 atom stereocenters. The van der Waals surface area contributed by atoms with Gasteiger partial charge in [-0.3, -0.25) is 4.79 Å². The molecule has 1 aromatic carbocycles. The Hall–Kier alpha value is -1.59. The van der Waals surface area contributed by atoms with Gasteiger partial charge in [0.15, 0.2) is 0 Å². The molecule has 0 radical (unpaired) electrons. The van der Waals surface area contributed by atoms with Crippen LogP contribution < -0.4 is 4.74 Å². The van der Waals surface area contributed by atoms with E-state index in [4.69, 9.17) is 9.47 Å². The van der Waals surface area contributed by atoms with Crippen molar-refractivity contribution in [3.63, 3.8) is 0 Å². The summed E-state index contributed by atoms with van der Waals surface area (Å²) in [6.07, 6.45) is 2.53. The Kier molecular flexibility index (Phi) is 5.18. The topological polar surface area (TPSA) is 59.0 Å². The number of hydrogen-bond donors (Lipinski definition) is 1. The van der Waals surface area contributed by atoms with Gasteiger partial charge in [-0.25, -0.2) is 0 Å². The van der Waals surface area contributed by atoms with Crippen molar-refractivity contribution in [2.45, 2.75) is 25.4 Å². The number of hydrogen-bond acceptors (Lipinski definition) is 4. The molecule has 0 spiro atoms. The van der Waals surface area contributed by atoms with Crippen LogP contribution in [0.2, 0.25) is 0 Å². The molecule has 126 valence electrons. The van der Waals surface area contributed by atoms with Crippen molar-refractivity contribution in [2.75, 3.05) is 33.4 Å². The summed E-state index contributed by atoms with van der Waals surface area (Å²) >= 11 is 0. The lowest BCUT2D eigenvalue weighted by atomic mass is 9.80. The molecule has 1 amide bonds. The number of rotatable bonds is 5. The monoisotopic (exact) mass is 319 g/mol. The van der Waals surface area contributed by atoms with Gasteiger partial charge in [-0.05, 0) is 49.3 Å². The first-order chi connectivity index (χ1) is 11.2. The lowest BCUT2D eigenvalue weighted by molar-refractivity contribution is 0.0775. The van der Waals surface area contributed by atoms with Gasteiger partial charge in [0.05, 0.1) is 12.7 Å². The zero-order valence-electron chi connectivity index (χ0n) is 13.6. The van der Waals surface area contributed by atoms with E-state index in [2.05, 4.69) is 0 Å². The summed E-state index contributed by atoms with van der Waals surface area (Å²) in [6, 6.07) is 7.34. The van der Waals surface area contributed by atoms with Gasteiger partial charge < -0.3 is 19.5 Å². The molecule has 2 aliphatic rings. The predicted octanol–water partition coefficient (Wildman–Crippen LogP) is 1.94. The Bertz CT molecular complexity index is 548. The lowest BCUT2D eigenvalue weighted by Gasteiger charge is -2.27. The molecule has 1 saturated heterocycles. The van der Waals surface area contributed by atoms with E-state index in [0.29, 0.717) is 36.4 Å². The maximum atomic E-state index is 12.7. The lowest BCUT2D eigenvalue weighted by Crippen LogP contribution is -2.29. The minimum absolute atomic E-state index is 0.0612. The van der Waals surface area contributed by atoms with E-state index in [1.807, 2.05) is 23.1 Å². The minimum Gasteiger partial charge on any atom is -0.491 e. The highest BCUT2D eigenvalue weighted by atomic mass is 16.5. The van der Waals surface area contributed by atoms with Crippen LogP contribution in [0.25, 0.3) is 0 Å². The number of ether oxygens (including phenoxy) is 2. The first-order valence-electron chi connectivity index (χ1n) is 8.36. The molecule has 1 N–H and O–H groups in total. The van der Waals surface area contributed by atoms with Crippen molar-refractivity contribution < 1.29 is 19.4 Å². The Morgan fingerprint density at radius 3 is 2.91 bits per heavy atom. The van der Waals surface area contributed by atoms with Crippen LogP contribution in [-0.4, -0.2) is 55.4 Å². The van der Waals surface area contributed by atoms with E-state index < -0.39 is 0 Å². The first kappa shape index (κ1) is 16.3. The Labute approximate surface area is 137 Å². The maximum absolute atomic E-state index is 12.7. The fourth-order valence-electron chi connectivity index (χ4n) is 3.72. The van der Waals surface area contributed by atoms with Gasteiger partial charge in [0.1, 0.15) is 12.4 Å². The third-order valence-electron chi connectivity index (χ3n) is 4.95. The number of carbonyl (C=O) groups is 1. The summed E-state index contributed by atoms with van der Waals surface area (Å²) in [4.78, 5) is 14.7. The van der Waals surface area contributed by atoms with Gasteiger partial charge in [0.25, 0.3) is 5.91 Å². The number of nitrogens with zero attached hydrogens (tertiary/aromatic N) is 1. The van der Waals surface area contributed by atoms with Crippen LogP contribution in [0.5, 0.6) is 5.75 Å². The molecule has 0 aromatic heterocycles. The van der Waals surface area contributed by atoms with Crippen LogP contribution in [0.1, 0.15) is 29.6 Å². The van der Waals surface area contributed by atoms with Crippen molar-refractivity contribution in [2.24, 2.45) is 11.8 Å². The molecule has 0 bridgehead atoms. The van der Waals surface area contributed by atoms with E-state index in [1.54, 1.807) is 13.2 Å². The highest BCUT2D eigenvalue weighted by molar-refractivity contribution is 5.94. The highest BCUT2D eigenvalue weighted by Crippen LogP contribution is 2.36. The molecule has 5 nitrogen and oxygen atoms in total. The Balaban J connectivity index is 1.63. The molecule has 1 aromatic rings. The van der Waals surface area contributed by atoms with Gasteiger partial charge in [-0.2, -0.15) is 0 Å². The van der Waals surface area contributed by atoms with Gasteiger partial charge in [0.2, 0.25) is 0 Å². The number of aliphatic hydroxyl groups excluding tert-OH is 1. The second-order valence-corrected chi connectivity index (χ2v) is 6.57. The van der Waals surface area contributed by atoms with E-state index in [0.717, 1.165) is 32.4 Å². The average Bonchev–Trinajstić information content (AvgIpc) is 2.97. The molecule has 3 rings (SSSR count). The van der Waals surface area contributed by atoms with E-state index in [9.17, 15) is 9.90 Å². The molecular weight excluding hydrogens is 294 g/mol. The van der Waals surface area contributed by atoms with Crippen LogP contribution in [0.15, 0.2) is 24.3 Å². The zero-order valence-corrected chi connectivity index (χ0v) is 13.6. The van der Waals surface area contributed by atoms with E-state index in [1.165, 1.54) is 0 Å². The fourth-order valence-corrected chi connectivity index (χ4v) is 3.72. The summed E-state index contributed by atoms with van der Waals surface area (Å²) in [7, 11) is 1.63. The first-order valence-corrected chi connectivity index (χ1v) is 8.36. The van der Waals surface area contributed by atoms with Crippen LogP contribution >= 0.6 is 0 Å². The molecule has 2 fully saturated rings. The van der Waals surface area contributed by atoms with E-state index >= 15 is 0 Å². The molecule has 23 heavy (non-hydrogen) atoms. The maximum Gasteiger partial charge on any atom is 0.254 e. The molecule has 1 heterocycles. The summed E-state index contributed by atoms with van der Waals surface area (Å²) in [5.41, 5.74) is 0.666. The smallest absolute Gasteiger partial charge is 0.254 e. The number of benzene rings is 1. The van der Waals surface area contributed by atoms with Gasteiger partial charge in [-0.1, -0.05) is 6.07 Å². The summed E-state index contributed by atoms with van der Waals surface area (Å²) in [5.74, 6) is 1.75. The van der Waals surface area contributed by atoms with E-state index in [-0.39, 0.29) is 12.0 Å². The van der Waals surface area contributed by atoms with Crippen molar-refractivity contribution >= 4 is 5.91 Å². The molecular formula is C18H25NO4. The van der Waals surface area contributed by atoms with Crippen molar-refractivity contribution in [1.82, 2.24) is 4.90 Å².